The summed E-state index contributed by atoms with van der Waals surface area (Å²) >= 11 is 0. The number of nitrogens with zero attached hydrogens (tertiary/aromatic N) is 1. The quantitative estimate of drug-likeness (QED) is 0.750. The summed E-state index contributed by atoms with van der Waals surface area (Å²) in [5.74, 6) is 0. The molecular formula is C12H26N2. The Morgan fingerprint density at radius 2 is 2.00 bits per heavy atom. The maximum Gasteiger partial charge on any atom is 0.0567 e. The highest BCUT2D eigenvalue weighted by molar-refractivity contribution is 4.67. The van der Waals surface area contributed by atoms with Gasteiger partial charge in [-0.05, 0) is 45.8 Å². The average molecular weight is 198 g/mol. The predicted molar refractivity (Wildman–Crippen MR) is 62.4 cm³/mol. The van der Waals surface area contributed by atoms with Gasteiger partial charge in [-0.1, -0.05) is 26.2 Å². The van der Waals surface area contributed by atoms with Gasteiger partial charge in [0.2, 0.25) is 0 Å². The normalized spacial score (nSPS) is 26.6. The van der Waals surface area contributed by atoms with Crippen LogP contribution < -0.4 is 5.32 Å². The summed E-state index contributed by atoms with van der Waals surface area (Å²) in [6, 6.07) is 0. The molecule has 14 heavy (non-hydrogen) atoms. The van der Waals surface area contributed by atoms with Crippen molar-refractivity contribution < 1.29 is 0 Å². The summed E-state index contributed by atoms with van der Waals surface area (Å²) in [4.78, 5) is 2.61. The lowest BCUT2D eigenvalue weighted by Crippen LogP contribution is -2.44. The Morgan fingerprint density at radius 3 is 2.79 bits per heavy atom. The van der Waals surface area contributed by atoms with Crippen molar-refractivity contribution in [3.8, 4) is 0 Å². The summed E-state index contributed by atoms with van der Waals surface area (Å²) in [6.07, 6.45) is 8.79. The Bertz CT molecular complexity index is 136. The third kappa shape index (κ3) is 4.43. The fourth-order valence-corrected chi connectivity index (χ4v) is 2.09. The second kappa shape index (κ2) is 7.24. The molecule has 1 unspecified atom stereocenters. The lowest BCUT2D eigenvalue weighted by molar-refractivity contribution is 0.178. The molecule has 0 radical (unpaired) electrons. The minimum atomic E-state index is 0.583. The zero-order valence-corrected chi connectivity index (χ0v) is 9.89. The lowest BCUT2D eigenvalue weighted by Gasteiger charge is -2.29. The zero-order valence-electron chi connectivity index (χ0n) is 9.89. The Balaban J connectivity index is 2.32. The molecule has 1 aliphatic rings. The molecule has 1 saturated heterocycles. The topological polar surface area (TPSA) is 15.3 Å². The van der Waals surface area contributed by atoms with E-state index in [0.29, 0.717) is 6.17 Å². The number of nitrogens with one attached hydrogen (secondary N) is 1. The number of unbranched alkanes of at least 4 members (excludes halogenated alkanes) is 1. The van der Waals surface area contributed by atoms with Crippen molar-refractivity contribution in [2.75, 3.05) is 19.6 Å². The molecule has 84 valence electrons. The molecule has 2 heteroatoms. The van der Waals surface area contributed by atoms with Crippen molar-refractivity contribution in [2.45, 2.75) is 58.5 Å². The molecule has 1 N–H and O–H groups in total. The van der Waals surface area contributed by atoms with E-state index < -0.39 is 0 Å². The van der Waals surface area contributed by atoms with Crippen molar-refractivity contribution in [2.24, 2.45) is 0 Å². The molecule has 1 heterocycles. The molecular weight excluding hydrogens is 172 g/mol. The van der Waals surface area contributed by atoms with Gasteiger partial charge in [0.25, 0.3) is 0 Å². The molecule has 2 nitrogen and oxygen atoms in total. The van der Waals surface area contributed by atoms with Crippen LogP contribution in [0.1, 0.15) is 52.4 Å². The van der Waals surface area contributed by atoms with Crippen molar-refractivity contribution >= 4 is 0 Å². The van der Waals surface area contributed by atoms with Crippen LogP contribution in [-0.4, -0.2) is 30.7 Å². The molecule has 0 saturated carbocycles. The molecule has 0 amide bonds. The Kier molecular flexibility index (Phi) is 6.20. The zero-order chi connectivity index (χ0) is 10.2. The van der Waals surface area contributed by atoms with Gasteiger partial charge in [0, 0.05) is 0 Å². The van der Waals surface area contributed by atoms with Gasteiger partial charge in [0.1, 0.15) is 0 Å². The number of rotatable bonds is 3. The lowest BCUT2D eigenvalue weighted by atomic mass is 10.2. The highest BCUT2D eigenvalue weighted by atomic mass is 15.3. The van der Waals surface area contributed by atoms with Gasteiger partial charge in [-0.2, -0.15) is 0 Å². The van der Waals surface area contributed by atoms with Crippen LogP contribution in [0, 0.1) is 0 Å². The molecule has 0 bridgehead atoms. The number of hydrogen-bond acceptors (Lipinski definition) is 2. The first-order chi connectivity index (χ1) is 6.84. The molecule has 1 rings (SSSR count). The fourth-order valence-electron chi connectivity index (χ4n) is 2.09. The van der Waals surface area contributed by atoms with E-state index in [-0.39, 0.29) is 0 Å². The van der Waals surface area contributed by atoms with E-state index in [4.69, 9.17) is 0 Å². The summed E-state index contributed by atoms with van der Waals surface area (Å²) in [7, 11) is 0. The largest absolute Gasteiger partial charge is 0.302 e. The molecule has 1 aliphatic heterocycles. The van der Waals surface area contributed by atoms with Gasteiger partial charge in [0.05, 0.1) is 6.17 Å². The predicted octanol–water partition coefficient (Wildman–Crippen LogP) is 2.60. The first-order valence-electron chi connectivity index (χ1n) is 6.32. The van der Waals surface area contributed by atoms with E-state index in [0.717, 1.165) is 0 Å². The van der Waals surface area contributed by atoms with Crippen molar-refractivity contribution in [3.63, 3.8) is 0 Å². The van der Waals surface area contributed by atoms with Crippen LogP contribution in [0.25, 0.3) is 0 Å². The third-order valence-corrected chi connectivity index (χ3v) is 3.16. The van der Waals surface area contributed by atoms with Gasteiger partial charge < -0.3 is 5.32 Å². The first-order valence-corrected chi connectivity index (χ1v) is 6.32. The molecule has 0 aromatic rings. The number of hydrogen-bond donors (Lipinski definition) is 1. The summed E-state index contributed by atoms with van der Waals surface area (Å²) in [5.41, 5.74) is 0. The Hall–Kier alpha value is -0.0800. The Labute approximate surface area is 89.1 Å². The van der Waals surface area contributed by atoms with Crippen LogP contribution in [0.3, 0.4) is 0 Å². The minimum absolute atomic E-state index is 0.583. The summed E-state index contributed by atoms with van der Waals surface area (Å²) in [6.45, 7) is 8.33. The van der Waals surface area contributed by atoms with Crippen molar-refractivity contribution in [1.29, 1.82) is 0 Å². The van der Waals surface area contributed by atoms with E-state index in [9.17, 15) is 0 Å². The Morgan fingerprint density at radius 1 is 1.21 bits per heavy atom. The van der Waals surface area contributed by atoms with Crippen LogP contribution in [-0.2, 0) is 0 Å². The highest BCUT2D eigenvalue weighted by Gasteiger charge is 2.13. The van der Waals surface area contributed by atoms with Crippen molar-refractivity contribution in [3.05, 3.63) is 0 Å². The molecule has 0 aliphatic carbocycles. The monoisotopic (exact) mass is 198 g/mol. The van der Waals surface area contributed by atoms with Crippen LogP contribution in [0.5, 0.6) is 0 Å². The maximum absolute atomic E-state index is 3.61. The first kappa shape index (κ1) is 12.0. The van der Waals surface area contributed by atoms with Crippen LogP contribution >= 0.6 is 0 Å². The molecule has 1 fully saturated rings. The smallest absolute Gasteiger partial charge is 0.0567 e. The van der Waals surface area contributed by atoms with Crippen LogP contribution in [0.15, 0.2) is 0 Å². The molecule has 0 aromatic heterocycles. The van der Waals surface area contributed by atoms with Crippen LogP contribution in [0.4, 0.5) is 0 Å². The van der Waals surface area contributed by atoms with Gasteiger partial charge in [-0.25, -0.2) is 0 Å². The van der Waals surface area contributed by atoms with Crippen molar-refractivity contribution in [1.82, 2.24) is 10.2 Å². The minimum Gasteiger partial charge on any atom is -0.302 e. The van der Waals surface area contributed by atoms with E-state index in [1.807, 2.05) is 0 Å². The van der Waals surface area contributed by atoms with E-state index >= 15 is 0 Å². The molecule has 0 spiro atoms. The van der Waals surface area contributed by atoms with Gasteiger partial charge in [-0.3, -0.25) is 4.90 Å². The summed E-state index contributed by atoms with van der Waals surface area (Å²) < 4.78 is 0. The van der Waals surface area contributed by atoms with E-state index in [2.05, 4.69) is 24.1 Å². The molecule has 1 atom stereocenters. The SMILES string of the molecule is CCCCN1CCCCCCNC1C. The second-order valence-electron chi connectivity index (χ2n) is 4.43. The van der Waals surface area contributed by atoms with E-state index in [1.165, 1.54) is 58.2 Å². The average Bonchev–Trinajstić information content (AvgIpc) is 2.28. The van der Waals surface area contributed by atoms with Gasteiger partial charge in [-0.15, -0.1) is 0 Å². The highest BCUT2D eigenvalue weighted by Crippen LogP contribution is 2.08. The summed E-state index contributed by atoms with van der Waals surface area (Å²) in [5, 5.41) is 3.61. The standard InChI is InChI=1S/C12H26N2/c1-3-4-10-14-11-8-6-5-7-9-13-12(14)2/h12-13H,3-11H2,1-2H3. The fraction of sp³-hybridized carbons (Fsp3) is 1.00. The second-order valence-corrected chi connectivity index (χ2v) is 4.43. The van der Waals surface area contributed by atoms with E-state index in [1.54, 1.807) is 0 Å². The van der Waals surface area contributed by atoms with Gasteiger partial charge >= 0.3 is 0 Å². The molecule has 0 aromatic carbocycles. The maximum atomic E-state index is 3.61. The van der Waals surface area contributed by atoms with Gasteiger partial charge in [0.15, 0.2) is 0 Å². The third-order valence-electron chi connectivity index (χ3n) is 3.16. The van der Waals surface area contributed by atoms with Crippen LogP contribution in [0.2, 0.25) is 0 Å².